The maximum atomic E-state index is 2.56. The third-order valence-corrected chi connectivity index (χ3v) is 9.77. The van der Waals surface area contributed by atoms with Crippen molar-refractivity contribution in [2.45, 2.75) is 52.6 Å². The smallest absolute Gasteiger partial charge is 1.00 e. The first-order valence-electron chi connectivity index (χ1n) is 10.2. The molecule has 4 aromatic rings. The molecule has 0 N–H and O–H groups in total. The molecule has 4 rings (SSSR count). The van der Waals surface area contributed by atoms with Crippen molar-refractivity contribution < 1.29 is 51.0 Å². The van der Waals surface area contributed by atoms with Gasteiger partial charge in [0.25, 0.3) is 0 Å². The van der Waals surface area contributed by atoms with Crippen LogP contribution in [-0.4, -0.2) is 8.07 Å². The molecule has 0 spiro atoms. The summed E-state index contributed by atoms with van der Waals surface area (Å²) in [5.41, 5.74) is 3.10. The van der Waals surface area contributed by atoms with Gasteiger partial charge in [-0.15, -0.1) is 81.2 Å². The van der Waals surface area contributed by atoms with Gasteiger partial charge in [0.05, 0.1) is 0 Å². The molecule has 0 atom stereocenters. The molecule has 0 nitrogen and oxygen atoms in total. The van der Waals surface area contributed by atoms with Gasteiger partial charge in [0.15, 0.2) is 0 Å². The zero-order chi connectivity index (χ0) is 19.3. The van der Waals surface area contributed by atoms with Gasteiger partial charge >= 0.3 is 26.2 Å². The third kappa shape index (κ3) is 4.44. The summed E-state index contributed by atoms with van der Waals surface area (Å²) in [5.74, 6) is 1.09. The standard InChI is InChI=1S/C26H30Si.2ClH.Zr/c1-17(2)23-15-19-11-7-9-13-21(19)25(23)27(5,6)26-22-14-10-8-12-20(22)16-24(26)18(3)4;;;/h7-18H,1-6H3;2*1H;/q-2;;;+4/p-2. The molecule has 0 bridgehead atoms. The number of hydrogen-bond acceptors (Lipinski definition) is 0. The van der Waals surface area contributed by atoms with Crippen molar-refractivity contribution in [3.8, 4) is 0 Å². The normalized spacial score (nSPS) is 11.5. The van der Waals surface area contributed by atoms with Gasteiger partial charge in [-0.3, -0.25) is 0 Å². The van der Waals surface area contributed by atoms with E-state index in [1.165, 1.54) is 21.5 Å². The van der Waals surface area contributed by atoms with Crippen molar-refractivity contribution in [1.82, 2.24) is 0 Å². The van der Waals surface area contributed by atoms with Crippen LogP contribution in [0.5, 0.6) is 0 Å². The minimum absolute atomic E-state index is 0. The Bertz CT molecular complexity index is 1030. The zero-order valence-corrected chi connectivity index (χ0v) is 23.7. The SMILES string of the molecule is CC(C)c1[cH-]c2ccccc2c1[Si](C)(C)c1c(C(C)C)[cH-]c2ccccc12.[Cl-].[Cl-].[Zr+4]. The third-order valence-electron chi connectivity index (χ3n) is 6.15. The van der Waals surface area contributed by atoms with Crippen molar-refractivity contribution in [3.05, 3.63) is 71.8 Å². The second-order valence-corrected chi connectivity index (χ2v) is 13.3. The number of rotatable bonds is 4. The van der Waals surface area contributed by atoms with Crippen LogP contribution < -0.4 is 35.2 Å². The molecule has 0 aromatic heterocycles. The van der Waals surface area contributed by atoms with Crippen molar-refractivity contribution in [2.75, 3.05) is 0 Å². The maximum absolute atomic E-state index is 2.56. The molecular formula is C26H30Cl2SiZr. The van der Waals surface area contributed by atoms with E-state index in [2.05, 4.69) is 101 Å². The van der Waals surface area contributed by atoms with E-state index in [1.54, 1.807) is 21.5 Å². The Morgan fingerprint density at radius 2 is 0.967 bits per heavy atom. The van der Waals surface area contributed by atoms with Crippen LogP contribution in [0.1, 0.15) is 50.7 Å². The molecule has 30 heavy (non-hydrogen) atoms. The Labute approximate surface area is 214 Å². The molecule has 0 radical (unpaired) electrons. The predicted molar refractivity (Wildman–Crippen MR) is 124 cm³/mol. The van der Waals surface area contributed by atoms with Crippen LogP contribution in [0.15, 0.2) is 60.7 Å². The topological polar surface area (TPSA) is 0 Å². The Kier molecular flexibility index (Phi) is 9.40. The monoisotopic (exact) mass is 530 g/mol. The van der Waals surface area contributed by atoms with Gasteiger partial charge in [0.2, 0.25) is 0 Å². The summed E-state index contributed by atoms with van der Waals surface area (Å²) in [6, 6.07) is 22.9. The average molecular weight is 533 g/mol. The average Bonchev–Trinajstić information content (AvgIpc) is 3.21. The molecule has 0 amide bonds. The maximum Gasteiger partial charge on any atom is 4.00 e. The van der Waals surface area contributed by atoms with Crippen molar-refractivity contribution in [3.63, 3.8) is 0 Å². The van der Waals surface area contributed by atoms with Gasteiger partial charge in [-0.2, -0.15) is 10.4 Å². The van der Waals surface area contributed by atoms with E-state index in [9.17, 15) is 0 Å². The van der Waals surface area contributed by atoms with E-state index >= 15 is 0 Å². The Balaban J connectivity index is 0.00000150. The van der Waals surface area contributed by atoms with E-state index in [0.29, 0.717) is 11.8 Å². The van der Waals surface area contributed by atoms with E-state index in [-0.39, 0.29) is 51.0 Å². The summed E-state index contributed by atoms with van der Waals surface area (Å²) in [6.45, 7) is 14.5. The quantitative estimate of drug-likeness (QED) is 0.266. The molecular weight excluding hydrogens is 503 g/mol. The molecule has 0 fully saturated rings. The van der Waals surface area contributed by atoms with Crippen molar-refractivity contribution in [1.29, 1.82) is 0 Å². The first-order chi connectivity index (χ1) is 12.8. The van der Waals surface area contributed by atoms with Gasteiger partial charge in [0, 0.05) is 8.07 Å². The molecule has 0 saturated heterocycles. The summed E-state index contributed by atoms with van der Waals surface area (Å²) < 4.78 is 0. The number of benzene rings is 2. The minimum Gasteiger partial charge on any atom is -1.00 e. The zero-order valence-electron chi connectivity index (χ0n) is 18.7. The first kappa shape index (κ1) is 27.4. The largest absolute Gasteiger partial charge is 4.00 e. The fourth-order valence-corrected chi connectivity index (χ4v) is 9.14. The van der Waals surface area contributed by atoms with E-state index in [4.69, 9.17) is 0 Å². The number of fused-ring (bicyclic) bond motifs is 2. The fourth-order valence-electron chi connectivity index (χ4n) is 4.92. The fraction of sp³-hybridized carbons (Fsp3) is 0.308. The van der Waals surface area contributed by atoms with Crippen LogP contribution in [0, 0.1) is 0 Å². The predicted octanol–water partition coefficient (Wildman–Crippen LogP) is 0.506. The van der Waals surface area contributed by atoms with Gasteiger partial charge in [-0.25, -0.2) is 0 Å². The summed E-state index contributed by atoms with van der Waals surface area (Å²) in [6.07, 6.45) is 0. The molecule has 0 aliphatic rings. The van der Waals surface area contributed by atoms with Gasteiger partial charge in [0.1, 0.15) is 0 Å². The van der Waals surface area contributed by atoms with Gasteiger partial charge < -0.3 is 24.8 Å². The van der Waals surface area contributed by atoms with Crippen LogP contribution in [-0.2, 0) is 26.2 Å². The van der Waals surface area contributed by atoms with Crippen LogP contribution in [0.3, 0.4) is 0 Å². The van der Waals surface area contributed by atoms with Crippen LogP contribution in [0.2, 0.25) is 13.1 Å². The van der Waals surface area contributed by atoms with Crippen LogP contribution >= 0.6 is 0 Å². The Hall–Kier alpha value is -0.660. The number of hydrogen-bond donors (Lipinski definition) is 0. The summed E-state index contributed by atoms with van der Waals surface area (Å²) >= 11 is 0. The molecule has 156 valence electrons. The van der Waals surface area contributed by atoms with E-state index < -0.39 is 8.07 Å². The Morgan fingerprint density at radius 1 is 0.633 bits per heavy atom. The van der Waals surface area contributed by atoms with Crippen molar-refractivity contribution >= 4 is 40.0 Å². The molecule has 4 heteroatoms. The molecule has 4 aromatic carbocycles. The van der Waals surface area contributed by atoms with Gasteiger partial charge in [-0.1, -0.05) is 52.9 Å². The van der Waals surface area contributed by atoms with E-state index in [0.717, 1.165) is 0 Å². The molecule has 0 heterocycles. The second-order valence-electron chi connectivity index (χ2n) is 9.06. The van der Waals surface area contributed by atoms with Crippen LogP contribution in [0.25, 0.3) is 21.5 Å². The van der Waals surface area contributed by atoms with Crippen LogP contribution in [0.4, 0.5) is 0 Å². The Morgan fingerprint density at radius 3 is 1.30 bits per heavy atom. The first-order valence-corrected chi connectivity index (χ1v) is 13.2. The summed E-state index contributed by atoms with van der Waals surface area (Å²) in [5, 5.41) is 9.03. The second kappa shape index (κ2) is 10.3. The molecule has 0 unspecified atom stereocenters. The minimum atomic E-state index is -1.89. The molecule has 0 saturated carbocycles. The number of halogens is 2. The molecule has 0 aliphatic heterocycles. The van der Waals surface area contributed by atoms with Gasteiger partial charge in [-0.05, 0) is 11.8 Å². The van der Waals surface area contributed by atoms with E-state index in [1.807, 2.05) is 0 Å². The summed E-state index contributed by atoms with van der Waals surface area (Å²) in [7, 11) is -1.89. The summed E-state index contributed by atoms with van der Waals surface area (Å²) in [4.78, 5) is 0. The van der Waals surface area contributed by atoms with Crippen molar-refractivity contribution in [2.24, 2.45) is 0 Å². The molecule has 0 aliphatic carbocycles.